The highest BCUT2D eigenvalue weighted by atomic mass is 16.5. The Morgan fingerprint density at radius 3 is 3.05 bits per heavy atom. The van der Waals surface area contributed by atoms with E-state index in [0.717, 1.165) is 25.0 Å². The van der Waals surface area contributed by atoms with Crippen LogP contribution >= 0.6 is 0 Å². The number of ether oxygens (including phenoxy) is 2. The Bertz CT molecular complexity index is 506. The van der Waals surface area contributed by atoms with Crippen LogP contribution in [0.1, 0.15) is 25.7 Å². The Labute approximate surface area is 120 Å². The molecule has 3 heteroatoms. The van der Waals surface area contributed by atoms with Gasteiger partial charge in [0.25, 0.3) is 0 Å². The lowest BCUT2D eigenvalue weighted by Gasteiger charge is -2.49. The highest BCUT2D eigenvalue weighted by Gasteiger charge is 2.63. The van der Waals surface area contributed by atoms with Crippen LogP contribution in [0.3, 0.4) is 0 Å². The topological polar surface area (TPSA) is 38.7 Å². The molecule has 0 amide bonds. The molecule has 0 bridgehead atoms. The lowest BCUT2D eigenvalue weighted by Crippen LogP contribution is -2.49. The Kier molecular flexibility index (Phi) is 2.67. The van der Waals surface area contributed by atoms with Crippen LogP contribution in [-0.4, -0.2) is 30.5 Å². The van der Waals surface area contributed by atoms with Crippen molar-refractivity contribution < 1.29 is 14.6 Å². The lowest BCUT2D eigenvalue weighted by molar-refractivity contribution is -0.0702. The summed E-state index contributed by atoms with van der Waals surface area (Å²) >= 11 is 0. The molecule has 4 rings (SSSR count). The average molecular weight is 274 g/mol. The fourth-order valence-electron chi connectivity index (χ4n) is 5.08. The van der Waals surface area contributed by atoms with Crippen molar-refractivity contribution in [2.24, 2.45) is 17.3 Å². The van der Waals surface area contributed by atoms with Crippen LogP contribution in [0.25, 0.3) is 0 Å². The van der Waals surface area contributed by atoms with Crippen LogP contribution in [0, 0.1) is 17.3 Å². The number of methoxy groups -OCH3 is 1. The number of aliphatic hydroxyl groups is 1. The molecule has 4 aliphatic rings. The van der Waals surface area contributed by atoms with Crippen LogP contribution in [0.15, 0.2) is 36.1 Å². The van der Waals surface area contributed by atoms with Gasteiger partial charge < -0.3 is 14.6 Å². The molecule has 1 aliphatic heterocycles. The molecule has 6 atom stereocenters. The van der Waals surface area contributed by atoms with Gasteiger partial charge in [-0.05, 0) is 43.8 Å². The van der Waals surface area contributed by atoms with Crippen LogP contribution in [0.2, 0.25) is 0 Å². The molecule has 1 heterocycles. The number of hydrogen-bond donors (Lipinski definition) is 1. The quantitative estimate of drug-likeness (QED) is 0.787. The van der Waals surface area contributed by atoms with Gasteiger partial charge in [0.15, 0.2) is 0 Å². The highest BCUT2D eigenvalue weighted by Crippen LogP contribution is 2.63. The third kappa shape index (κ3) is 1.38. The third-order valence-corrected chi connectivity index (χ3v) is 5.95. The van der Waals surface area contributed by atoms with Crippen molar-refractivity contribution in [3.05, 3.63) is 36.1 Å². The van der Waals surface area contributed by atoms with Crippen LogP contribution in [-0.2, 0) is 9.47 Å². The van der Waals surface area contributed by atoms with E-state index in [4.69, 9.17) is 9.47 Å². The number of rotatable bonds is 2. The molecule has 1 saturated heterocycles. The number of hydrogen-bond acceptors (Lipinski definition) is 3. The minimum atomic E-state index is -0.336. The van der Waals surface area contributed by atoms with Crippen LogP contribution < -0.4 is 0 Å². The van der Waals surface area contributed by atoms with Crippen LogP contribution in [0.4, 0.5) is 0 Å². The monoisotopic (exact) mass is 274 g/mol. The molecular formula is C17H22O3. The molecule has 0 radical (unpaired) electrons. The van der Waals surface area contributed by atoms with Gasteiger partial charge in [0.2, 0.25) is 0 Å². The van der Waals surface area contributed by atoms with Gasteiger partial charge in [-0.2, -0.15) is 0 Å². The highest BCUT2D eigenvalue weighted by molar-refractivity contribution is 5.42. The van der Waals surface area contributed by atoms with Crippen molar-refractivity contribution in [2.45, 2.75) is 44.0 Å². The first-order chi connectivity index (χ1) is 9.70. The summed E-state index contributed by atoms with van der Waals surface area (Å²) in [6.07, 6.45) is 10.2. The maximum Gasteiger partial charge on any atom is 0.117 e. The smallest absolute Gasteiger partial charge is 0.117 e. The summed E-state index contributed by atoms with van der Waals surface area (Å²) in [5.74, 6) is 1.92. The first-order valence-corrected chi connectivity index (χ1v) is 7.64. The maximum atomic E-state index is 10.4. The molecule has 2 saturated carbocycles. The predicted molar refractivity (Wildman–Crippen MR) is 75.9 cm³/mol. The summed E-state index contributed by atoms with van der Waals surface area (Å²) in [5, 5.41) is 10.4. The lowest BCUT2D eigenvalue weighted by atomic mass is 9.53. The third-order valence-electron chi connectivity index (χ3n) is 5.95. The molecule has 3 aliphatic carbocycles. The second-order valence-corrected chi connectivity index (χ2v) is 6.57. The first kappa shape index (κ1) is 12.7. The van der Waals surface area contributed by atoms with Crippen molar-refractivity contribution in [3.8, 4) is 0 Å². The van der Waals surface area contributed by atoms with E-state index in [1.165, 1.54) is 12.0 Å². The van der Waals surface area contributed by atoms with E-state index >= 15 is 0 Å². The van der Waals surface area contributed by atoms with Crippen molar-refractivity contribution in [2.75, 3.05) is 7.11 Å². The molecule has 0 aromatic carbocycles. The summed E-state index contributed by atoms with van der Waals surface area (Å²) < 4.78 is 11.7. The molecule has 108 valence electrons. The largest absolute Gasteiger partial charge is 0.497 e. The summed E-state index contributed by atoms with van der Waals surface area (Å²) in [7, 11) is 1.70. The van der Waals surface area contributed by atoms with Gasteiger partial charge in [-0.25, -0.2) is 0 Å². The zero-order valence-corrected chi connectivity index (χ0v) is 11.9. The molecule has 20 heavy (non-hydrogen) atoms. The molecule has 0 aromatic heterocycles. The van der Waals surface area contributed by atoms with Gasteiger partial charge in [-0.3, -0.25) is 0 Å². The van der Waals surface area contributed by atoms with Crippen molar-refractivity contribution in [1.82, 2.24) is 0 Å². The normalized spacial score (nSPS) is 49.0. The summed E-state index contributed by atoms with van der Waals surface area (Å²) in [6, 6.07) is 0. The Morgan fingerprint density at radius 1 is 1.45 bits per heavy atom. The fraction of sp³-hybridized carbons (Fsp3) is 0.647. The van der Waals surface area contributed by atoms with Crippen molar-refractivity contribution >= 4 is 0 Å². The molecule has 6 unspecified atom stereocenters. The summed E-state index contributed by atoms with van der Waals surface area (Å²) in [6.45, 7) is 4.13. The molecule has 1 N–H and O–H groups in total. The minimum Gasteiger partial charge on any atom is -0.497 e. The first-order valence-electron chi connectivity index (χ1n) is 7.64. The zero-order valence-electron chi connectivity index (χ0n) is 11.9. The molecular weight excluding hydrogens is 252 g/mol. The van der Waals surface area contributed by atoms with E-state index < -0.39 is 0 Å². The van der Waals surface area contributed by atoms with Crippen molar-refractivity contribution in [3.63, 3.8) is 0 Å². The summed E-state index contributed by atoms with van der Waals surface area (Å²) in [5.41, 5.74) is 1.27. The van der Waals surface area contributed by atoms with Gasteiger partial charge >= 0.3 is 0 Å². The second-order valence-electron chi connectivity index (χ2n) is 6.57. The van der Waals surface area contributed by atoms with E-state index in [1.54, 1.807) is 7.11 Å². The van der Waals surface area contributed by atoms with Crippen molar-refractivity contribution in [1.29, 1.82) is 0 Å². The van der Waals surface area contributed by atoms with Gasteiger partial charge in [0, 0.05) is 11.3 Å². The molecule has 3 nitrogen and oxygen atoms in total. The van der Waals surface area contributed by atoms with E-state index in [9.17, 15) is 5.11 Å². The maximum absolute atomic E-state index is 10.4. The second kappa shape index (κ2) is 4.22. The van der Waals surface area contributed by atoms with Gasteiger partial charge in [-0.15, -0.1) is 6.58 Å². The Balaban J connectivity index is 1.86. The van der Waals surface area contributed by atoms with E-state index in [2.05, 4.69) is 24.8 Å². The zero-order chi connectivity index (χ0) is 13.9. The molecule has 0 spiro atoms. The number of allylic oxidation sites excluding steroid dienone is 1. The van der Waals surface area contributed by atoms with E-state index in [-0.39, 0.29) is 23.7 Å². The number of aliphatic hydroxyl groups excluding tert-OH is 1. The van der Waals surface area contributed by atoms with Gasteiger partial charge in [0.05, 0.1) is 25.4 Å². The molecule has 0 aromatic rings. The van der Waals surface area contributed by atoms with E-state index in [1.807, 2.05) is 0 Å². The standard InChI is InChI=1S/C17H22O3/c1-3-17-11-6-4-10-5-7-13(18)16(15(10)17)20-14(17)9-12(8-11)19-2/h3,8-10,13-16,18H,1,4-7H2,2H3. The van der Waals surface area contributed by atoms with Crippen LogP contribution in [0.5, 0.6) is 0 Å². The molecule has 3 fully saturated rings. The minimum absolute atomic E-state index is 0.0273. The van der Waals surface area contributed by atoms with E-state index in [0.29, 0.717) is 11.8 Å². The fourth-order valence-corrected chi connectivity index (χ4v) is 5.08. The SMILES string of the molecule is C=CC12C3=CC(OC)=CC1OC1C(O)CCC(CC3)C12. The summed E-state index contributed by atoms with van der Waals surface area (Å²) in [4.78, 5) is 0. The van der Waals surface area contributed by atoms with Gasteiger partial charge in [-0.1, -0.05) is 11.6 Å². The van der Waals surface area contributed by atoms with Gasteiger partial charge in [0.1, 0.15) is 5.76 Å². The predicted octanol–water partition coefficient (Wildman–Crippen LogP) is 2.58. The Morgan fingerprint density at radius 2 is 2.30 bits per heavy atom. The average Bonchev–Trinajstić information content (AvgIpc) is 2.83. The Hall–Kier alpha value is -1.06.